The quantitative estimate of drug-likeness (QED) is 0.241. The highest BCUT2D eigenvalue weighted by Crippen LogP contribution is 2.39. The fraction of sp³-hybridized carbons (Fsp3) is 0.290. The molecule has 2 fully saturated rings. The Balaban J connectivity index is 1.11. The number of piperidine rings is 1. The molecule has 2 aromatic carbocycles. The minimum Gasteiger partial charge on any atom is -0.339 e. The zero-order chi connectivity index (χ0) is 29.3. The number of hydrogen-bond acceptors (Lipinski definition) is 6. The Morgan fingerprint density at radius 2 is 1.67 bits per heavy atom. The number of pyridine rings is 1. The average Bonchev–Trinajstić information content (AvgIpc) is 3.72. The monoisotopic (exact) mass is 608 g/mol. The number of amides is 2. The van der Waals surface area contributed by atoms with Gasteiger partial charge in [-0.3, -0.25) is 14.6 Å². The van der Waals surface area contributed by atoms with Crippen LogP contribution in [0.15, 0.2) is 78.4 Å². The number of thiazole rings is 1. The van der Waals surface area contributed by atoms with E-state index in [1.165, 1.54) is 23.5 Å². The molecular weight excluding hydrogens is 581 g/mol. The van der Waals surface area contributed by atoms with Crippen molar-refractivity contribution in [1.82, 2.24) is 19.8 Å². The Kier molecular flexibility index (Phi) is 8.04. The topological polar surface area (TPSA) is 66.4 Å². The van der Waals surface area contributed by atoms with Gasteiger partial charge >= 0.3 is 6.18 Å². The van der Waals surface area contributed by atoms with Gasteiger partial charge in [-0.2, -0.15) is 13.2 Å². The molecule has 2 saturated heterocycles. The predicted molar refractivity (Wildman–Crippen MR) is 157 cm³/mol. The van der Waals surface area contributed by atoms with E-state index in [-0.39, 0.29) is 23.1 Å². The van der Waals surface area contributed by atoms with Gasteiger partial charge in [0.2, 0.25) is 0 Å². The minimum atomic E-state index is -4.42. The van der Waals surface area contributed by atoms with Crippen LogP contribution in [0.4, 0.5) is 13.2 Å². The molecular formula is C31H27F3N4O2S2. The first-order valence-corrected chi connectivity index (χ1v) is 15.6. The van der Waals surface area contributed by atoms with Gasteiger partial charge in [-0.25, -0.2) is 4.98 Å². The molecule has 1 unspecified atom stereocenters. The van der Waals surface area contributed by atoms with Crippen molar-refractivity contribution >= 4 is 34.9 Å². The largest absolute Gasteiger partial charge is 0.416 e. The first kappa shape index (κ1) is 28.4. The van der Waals surface area contributed by atoms with E-state index in [9.17, 15) is 22.8 Å². The zero-order valence-electron chi connectivity index (χ0n) is 22.5. The maximum Gasteiger partial charge on any atom is 0.416 e. The maximum absolute atomic E-state index is 13.5. The van der Waals surface area contributed by atoms with Crippen molar-refractivity contribution in [3.63, 3.8) is 0 Å². The van der Waals surface area contributed by atoms with Crippen molar-refractivity contribution < 1.29 is 22.8 Å². The van der Waals surface area contributed by atoms with Crippen molar-refractivity contribution in [2.24, 2.45) is 0 Å². The molecule has 2 amide bonds. The second kappa shape index (κ2) is 11.9. The van der Waals surface area contributed by atoms with E-state index in [0.29, 0.717) is 54.9 Å². The molecule has 0 radical (unpaired) electrons. The first-order valence-electron chi connectivity index (χ1n) is 13.6. The molecule has 0 spiro atoms. The third-order valence-corrected chi connectivity index (χ3v) is 9.94. The average molecular weight is 609 g/mol. The zero-order valence-corrected chi connectivity index (χ0v) is 24.1. The van der Waals surface area contributed by atoms with Crippen molar-refractivity contribution in [3.8, 4) is 11.1 Å². The maximum atomic E-state index is 13.5. The molecule has 0 aliphatic carbocycles. The highest BCUT2D eigenvalue weighted by Gasteiger charge is 2.34. The van der Waals surface area contributed by atoms with E-state index in [2.05, 4.69) is 4.98 Å². The van der Waals surface area contributed by atoms with Gasteiger partial charge in [0.25, 0.3) is 11.8 Å². The van der Waals surface area contributed by atoms with Gasteiger partial charge in [0.1, 0.15) is 11.1 Å². The lowest BCUT2D eigenvalue weighted by Gasteiger charge is -2.31. The Morgan fingerprint density at radius 1 is 0.905 bits per heavy atom. The summed E-state index contributed by atoms with van der Waals surface area (Å²) >= 11 is 3.21. The lowest BCUT2D eigenvalue weighted by atomic mass is 9.94. The van der Waals surface area contributed by atoms with Crippen LogP contribution in [0, 0.1) is 0 Å². The van der Waals surface area contributed by atoms with E-state index < -0.39 is 11.7 Å². The third kappa shape index (κ3) is 5.80. The Labute approximate surface area is 249 Å². The number of hydrogen-bond donors (Lipinski definition) is 0. The van der Waals surface area contributed by atoms with Gasteiger partial charge in [0.05, 0.1) is 10.6 Å². The van der Waals surface area contributed by atoms with Gasteiger partial charge in [-0.1, -0.05) is 36.4 Å². The van der Waals surface area contributed by atoms with Gasteiger partial charge in [0, 0.05) is 60.2 Å². The summed E-state index contributed by atoms with van der Waals surface area (Å²) in [5, 5.41) is 2.66. The third-order valence-electron chi connectivity index (χ3n) is 7.67. The fourth-order valence-corrected chi connectivity index (χ4v) is 7.66. The van der Waals surface area contributed by atoms with E-state index >= 15 is 0 Å². The summed E-state index contributed by atoms with van der Waals surface area (Å²) < 4.78 is 39.1. The van der Waals surface area contributed by atoms with Crippen LogP contribution in [0.3, 0.4) is 0 Å². The number of thioether (sulfide) groups is 1. The summed E-state index contributed by atoms with van der Waals surface area (Å²) in [5.74, 6) is 0.778. The van der Waals surface area contributed by atoms with Crippen LogP contribution in [-0.4, -0.2) is 57.0 Å². The van der Waals surface area contributed by atoms with Crippen LogP contribution >= 0.6 is 23.1 Å². The molecule has 11 heteroatoms. The Bertz CT molecular complexity index is 1570. The molecule has 1 atom stereocenters. The summed E-state index contributed by atoms with van der Waals surface area (Å²) in [6.45, 7) is 1.71. The number of aromatic nitrogens is 2. The molecule has 0 saturated carbocycles. The lowest BCUT2D eigenvalue weighted by Crippen LogP contribution is -2.38. The van der Waals surface area contributed by atoms with Crippen LogP contribution in [0.25, 0.3) is 11.1 Å². The second-order valence-corrected chi connectivity index (χ2v) is 12.3. The molecule has 0 bridgehead atoms. The fourth-order valence-electron chi connectivity index (χ4n) is 5.46. The van der Waals surface area contributed by atoms with Gasteiger partial charge in [0.15, 0.2) is 0 Å². The Morgan fingerprint density at radius 3 is 2.38 bits per heavy atom. The molecule has 6 rings (SSSR count). The van der Waals surface area contributed by atoms with Crippen LogP contribution < -0.4 is 0 Å². The normalized spacial score (nSPS) is 17.9. The second-order valence-electron chi connectivity index (χ2n) is 10.3. The van der Waals surface area contributed by atoms with Crippen LogP contribution in [-0.2, 0) is 6.18 Å². The van der Waals surface area contributed by atoms with Crippen LogP contribution in [0.1, 0.15) is 61.1 Å². The number of carbonyl (C=O) groups excluding carboxylic acids is 2. The Hall–Kier alpha value is -3.70. The molecule has 4 aromatic rings. The molecule has 0 N–H and O–H groups in total. The number of nitrogens with zero attached hydrogens (tertiary/aromatic N) is 4. The van der Waals surface area contributed by atoms with Crippen molar-refractivity contribution in [2.75, 3.05) is 25.4 Å². The number of rotatable bonds is 5. The van der Waals surface area contributed by atoms with Crippen molar-refractivity contribution in [2.45, 2.75) is 30.3 Å². The standard InChI is InChI=1S/C31H27F3N4O2S2/c32-31(33,34)23-9-7-20(8-10-23)24-5-1-2-6-25(24)28(39)37-14-11-21(12-15-37)27-36-26(19-42-27)29(40)38-16-17-41-30(38)22-4-3-13-35-18-22/h1-10,13,18-19,21,30H,11-12,14-17H2. The molecule has 2 aromatic heterocycles. The van der Waals surface area contributed by atoms with E-state index in [1.54, 1.807) is 53.3 Å². The van der Waals surface area contributed by atoms with Crippen LogP contribution in [0.2, 0.25) is 0 Å². The number of likely N-dealkylation sites (tertiary alicyclic amines) is 1. The molecule has 42 heavy (non-hydrogen) atoms. The number of alkyl halides is 3. The summed E-state index contributed by atoms with van der Waals surface area (Å²) in [6, 6.07) is 15.8. The van der Waals surface area contributed by atoms with Gasteiger partial charge < -0.3 is 9.80 Å². The molecule has 4 heterocycles. The SMILES string of the molecule is O=C(c1ccccc1-c1ccc(C(F)(F)F)cc1)N1CCC(c2nc(C(=O)N3CCSC3c3cccnc3)cs2)CC1. The summed E-state index contributed by atoms with van der Waals surface area (Å²) in [6.07, 6.45) is 0.533. The molecule has 6 nitrogen and oxygen atoms in total. The van der Waals surface area contributed by atoms with Crippen molar-refractivity contribution in [1.29, 1.82) is 0 Å². The number of carbonyl (C=O) groups is 2. The van der Waals surface area contributed by atoms with E-state index in [0.717, 1.165) is 28.5 Å². The minimum absolute atomic E-state index is 0.0731. The van der Waals surface area contributed by atoms with Crippen LogP contribution in [0.5, 0.6) is 0 Å². The van der Waals surface area contributed by atoms with Crippen molar-refractivity contribution in [3.05, 3.63) is 106 Å². The number of halogens is 3. The summed E-state index contributed by atoms with van der Waals surface area (Å²) in [7, 11) is 0. The van der Waals surface area contributed by atoms with Gasteiger partial charge in [-0.15, -0.1) is 23.1 Å². The predicted octanol–water partition coefficient (Wildman–Crippen LogP) is 7.13. The van der Waals surface area contributed by atoms with E-state index in [1.807, 2.05) is 22.4 Å². The highest BCUT2D eigenvalue weighted by molar-refractivity contribution is 7.99. The van der Waals surface area contributed by atoms with E-state index in [4.69, 9.17) is 4.98 Å². The summed E-state index contributed by atoms with van der Waals surface area (Å²) in [4.78, 5) is 39.5. The lowest BCUT2D eigenvalue weighted by molar-refractivity contribution is -0.137. The smallest absolute Gasteiger partial charge is 0.339 e. The molecule has 2 aliphatic heterocycles. The summed E-state index contributed by atoms with van der Waals surface area (Å²) in [5.41, 5.74) is 2.35. The number of benzene rings is 2. The molecule has 2 aliphatic rings. The molecule has 216 valence electrons. The highest BCUT2D eigenvalue weighted by atomic mass is 32.2. The first-order chi connectivity index (χ1) is 20.3. The van der Waals surface area contributed by atoms with Gasteiger partial charge in [-0.05, 0) is 48.2 Å².